The lowest BCUT2D eigenvalue weighted by Crippen LogP contribution is -2.39. The zero-order chi connectivity index (χ0) is 27.2. The van der Waals surface area contributed by atoms with Crippen LogP contribution in [0.1, 0.15) is 25.0 Å². The highest BCUT2D eigenvalue weighted by atomic mass is 35.5. The van der Waals surface area contributed by atoms with Crippen molar-refractivity contribution in [2.45, 2.75) is 25.7 Å². The zero-order valence-corrected chi connectivity index (χ0v) is 22.4. The zero-order valence-electron chi connectivity index (χ0n) is 20.8. The van der Waals surface area contributed by atoms with Crippen LogP contribution in [0.15, 0.2) is 76.7 Å². The Morgan fingerprint density at radius 3 is 2.35 bits per heavy atom. The van der Waals surface area contributed by atoms with Gasteiger partial charge in [0, 0.05) is 12.6 Å². The van der Waals surface area contributed by atoms with Crippen LogP contribution in [0, 0.1) is 6.92 Å². The van der Waals surface area contributed by atoms with Crippen LogP contribution in [-0.2, 0) is 19.6 Å². The van der Waals surface area contributed by atoms with E-state index in [1.165, 1.54) is 44.4 Å². The van der Waals surface area contributed by atoms with Gasteiger partial charge in [0.15, 0.2) is 0 Å². The number of sulfonamides is 1. The molecule has 2 N–H and O–H groups in total. The summed E-state index contributed by atoms with van der Waals surface area (Å²) in [6.45, 7) is 4.37. The number of methoxy groups -OCH3 is 1. The fraction of sp³-hybridized carbons (Fsp3) is 0.192. The number of hydrogen-bond donors (Lipinski definition) is 2. The molecule has 0 spiro atoms. The summed E-state index contributed by atoms with van der Waals surface area (Å²) >= 11 is 6.25. The van der Waals surface area contributed by atoms with Crippen molar-refractivity contribution in [3.8, 4) is 5.75 Å². The third-order valence-corrected chi connectivity index (χ3v) is 7.35. The second kappa shape index (κ2) is 11.9. The molecule has 0 aliphatic carbocycles. The van der Waals surface area contributed by atoms with Crippen LogP contribution in [-0.4, -0.2) is 39.6 Å². The van der Waals surface area contributed by atoms with E-state index in [0.29, 0.717) is 22.7 Å². The molecule has 0 radical (unpaired) electrons. The number of aryl methyl sites for hydroxylation is 1. The van der Waals surface area contributed by atoms with Crippen molar-refractivity contribution in [1.29, 1.82) is 0 Å². The molecule has 3 aromatic rings. The first-order chi connectivity index (χ1) is 17.5. The number of amides is 2. The predicted molar refractivity (Wildman–Crippen MR) is 145 cm³/mol. The van der Waals surface area contributed by atoms with E-state index in [4.69, 9.17) is 16.3 Å². The van der Waals surface area contributed by atoms with Gasteiger partial charge in [-0.05, 0) is 61.9 Å². The van der Waals surface area contributed by atoms with Crippen molar-refractivity contribution in [2.24, 2.45) is 5.10 Å². The molecule has 9 nitrogen and oxygen atoms in total. The maximum Gasteiger partial charge on any atom is 0.264 e. The molecule has 11 heteroatoms. The fourth-order valence-electron chi connectivity index (χ4n) is 3.36. The molecule has 0 atom stereocenters. The van der Waals surface area contributed by atoms with Crippen LogP contribution in [0.5, 0.6) is 5.75 Å². The first-order valence-corrected chi connectivity index (χ1v) is 13.0. The Labute approximate surface area is 221 Å². The van der Waals surface area contributed by atoms with E-state index in [0.717, 1.165) is 9.87 Å². The van der Waals surface area contributed by atoms with Gasteiger partial charge in [-0.1, -0.05) is 41.4 Å². The average Bonchev–Trinajstić information content (AvgIpc) is 2.85. The van der Waals surface area contributed by atoms with Gasteiger partial charge in [-0.15, -0.1) is 0 Å². The maximum absolute atomic E-state index is 13.5. The van der Waals surface area contributed by atoms with Gasteiger partial charge < -0.3 is 10.1 Å². The first-order valence-electron chi connectivity index (χ1n) is 11.2. The Morgan fingerprint density at radius 1 is 1.03 bits per heavy atom. The number of rotatable bonds is 9. The Kier molecular flexibility index (Phi) is 8.90. The molecular formula is C26H27ClN4O5S. The third kappa shape index (κ3) is 7.08. The van der Waals surface area contributed by atoms with Gasteiger partial charge in [0.2, 0.25) is 5.91 Å². The molecule has 0 bridgehead atoms. The van der Waals surface area contributed by atoms with E-state index in [9.17, 15) is 18.0 Å². The van der Waals surface area contributed by atoms with Crippen LogP contribution in [0.3, 0.4) is 0 Å². The number of hydrazone groups is 1. The van der Waals surface area contributed by atoms with E-state index in [-0.39, 0.29) is 21.5 Å². The number of carbonyl (C=O) groups is 2. The molecule has 0 aromatic heterocycles. The maximum atomic E-state index is 13.5. The highest BCUT2D eigenvalue weighted by Crippen LogP contribution is 2.32. The van der Waals surface area contributed by atoms with E-state index < -0.39 is 22.5 Å². The molecule has 2 amide bonds. The van der Waals surface area contributed by atoms with Crippen molar-refractivity contribution in [3.05, 3.63) is 82.9 Å². The van der Waals surface area contributed by atoms with Gasteiger partial charge in [-0.2, -0.15) is 5.10 Å². The quantitative estimate of drug-likeness (QED) is 0.308. The summed E-state index contributed by atoms with van der Waals surface area (Å²) in [4.78, 5) is 24.2. The topological polar surface area (TPSA) is 117 Å². The highest BCUT2D eigenvalue weighted by Gasteiger charge is 2.28. The summed E-state index contributed by atoms with van der Waals surface area (Å²) in [6.07, 6.45) is 0. The third-order valence-electron chi connectivity index (χ3n) is 5.27. The molecule has 0 fully saturated rings. The molecule has 0 heterocycles. The number of carbonyl (C=O) groups excluding carboxylic acids is 2. The second-order valence-electron chi connectivity index (χ2n) is 8.14. The van der Waals surface area contributed by atoms with E-state index in [1.54, 1.807) is 43.3 Å². The van der Waals surface area contributed by atoms with E-state index >= 15 is 0 Å². The van der Waals surface area contributed by atoms with Crippen molar-refractivity contribution in [3.63, 3.8) is 0 Å². The summed E-state index contributed by atoms with van der Waals surface area (Å²) in [5.41, 5.74) is 5.19. The normalized spacial score (nSPS) is 11.5. The molecule has 3 rings (SSSR count). The number of halogens is 1. The van der Waals surface area contributed by atoms with Crippen molar-refractivity contribution in [1.82, 2.24) is 5.43 Å². The first kappa shape index (κ1) is 27.7. The number of hydrogen-bond acceptors (Lipinski definition) is 6. The van der Waals surface area contributed by atoms with Gasteiger partial charge in [0.1, 0.15) is 12.3 Å². The minimum absolute atomic E-state index is 0.0207. The fourth-order valence-corrected chi connectivity index (χ4v) is 5.03. The summed E-state index contributed by atoms with van der Waals surface area (Å²) in [6, 6.07) is 17.7. The Hall–Kier alpha value is -3.89. The standard InChI is InChI=1S/C26H27ClN4O5S/c1-17-8-11-23(12-9-17)37(34,35)31(22-10-13-25(36-4)24(27)15-22)16-26(33)30-29-18(2)20-6-5-7-21(14-20)28-19(3)32/h5-15H,16H2,1-4H3,(H,28,32)(H,30,33)/b29-18-. The number of benzene rings is 3. The molecule has 0 saturated carbocycles. The van der Waals surface area contributed by atoms with E-state index in [1.807, 2.05) is 6.92 Å². The van der Waals surface area contributed by atoms with Gasteiger partial charge in [0.05, 0.1) is 28.4 Å². The predicted octanol–water partition coefficient (Wildman–Crippen LogP) is 4.35. The SMILES string of the molecule is COc1ccc(N(CC(=O)N/N=C(/C)c2cccc(NC(C)=O)c2)S(=O)(=O)c2ccc(C)cc2)cc1Cl. The summed E-state index contributed by atoms with van der Waals surface area (Å²) in [5.74, 6) is -0.516. The van der Waals surface area contributed by atoms with Crippen LogP contribution >= 0.6 is 11.6 Å². The Bertz CT molecular complexity index is 1440. The summed E-state index contributed by atoms with van der Waals surface area (Å²) in [7, 11) is -2.68. The van der Waals surface area contributed by atoms with Crippen LogP contribution in [0.4, 0.5) is 11.4 Å². The summed E-state index contributed by atoms with van der Waals surface area (Å²) < 4.78 is 33.2. The van der Waals surface area contributed by atoms with Crippen molar-refractivity contribution < 1.29 is 22.7 Å². The van der Waals surface area contributed by atoms with Crippen molar-refractivity contribution in [2.75, 3.05) is 23.3 Å². The number of anilines is 2. The smallest absolute Gasteiger partial charge is 0.264 e. The molecule has 0 aliphatic heterocycles. The minimum atomic E-state index is -4.13. The van der Waals surface area contributed by atoms with Gasteiger partial charge >= 0.3 is 0 Å². The van der Waals surface area contributed by atoms with Crippen LogP contribution in [0.25, 0.3) is 0 Å². The molecule has 0 aliphatic rings. The molecule has 37 heavy (non-hydrogen) atoms. The lowest BCUT2D eigenvalue weighted by molar-refractivity contribution is -0.119. The minimum Gasteiger partial charge on any atom is -0.495 e. The van der Waals surface area contributed by atoms with Gasteiger partial charge in [0.25, 0.3) is 15.9 Å². The van der Waals surface area contributed by atoms with Crippen LogP contribution < -0.4 is 19.8 Å². The van der Waals surface area contributed by atoms with Crippen molar-refractivity contribution >= 4 is 50.5 Å². The Morgan fingerprint density at radius 2 is 1.73 bits per heavy atom. The Balaban J connectivity index is 1.88. The molecule has 3 aromatic carbocycles. The highest BCUT2D eigenvalue weighted by molar-refractivity contribution is 7.92. The summed E-state index contributed by atoms with van der Waals surface area (Å²) in [5, 5.41) is 6.98. The number of nitrogens with zero attached hydrogens (tertiary/aromatic N) is 2. The number of nitrogens with one attached hydrogen (secondary N) is 2. The van der Waals surface area contributed by atoms with Crippen LogP contribution in [0.2, 0.25) is 5.02 Å². The van der Waals surface area contributed by atoms with E-state index in [2.05, 4.69) is 15.8 Å². The van der Waals surface area contributed by atoms with Gasteiger partial charge in [-0.3, -0.25) is 13.9 Å². The molecule has 194 valence electrons. The average molecular weight is 543 g/mol. The molecular weight excluding hydrogens is 516 g/mol. The number of ether oxygens (including phenoxy) is 1. The monoisotopic (exact) mass is 542 g/mol. The lowest BCUT2D eigenvalue weighted by Gasteiger charge is -2.24. The lowest BCUT2D eigenvalue weighted by atomic mass is 10.1. The largest absolute Gasteiger partial charge is 0.495 e. The second-order valence-corrected chi connectivity index (χ2v) is 10.4. The van der Waals surface area contributed by atoms with Gasteiger partial charge in [-0.25, -0.2) is 13.8 Å². The molecule has 0 saturated heterocycles. The molecule has 0 unspecified atom stereocenters.